The monoisotopic (exact) mass is 568 g/mol. The number of piperidine rings is 1. The van der Waals surface area contributed by atoms with Crippen LogP contribution in [0.4, 0.5) is 10.3 Å². The maximum Gasteiger partial charge on any atom is 0.260 e. The molecule has 0 bridgehead atoms. The Labute approximate surface area is 243 Å². The summed E-state index contributed by atoms with van der Waals surface area (Å²) in [4.78, 5) is 52.0. The number of aryl methyl sites for hydroxylation is 1. The number of hydrogen-bond acceptors (Lipinski definition) is 6. The Morgan fingerprint density at radius 3 is 2.36 bits per heavy atom. The molecule has 2 amide bonds. The van der Waals surface area contributed by atoms with Crippen molar-refractivity contribution < 1.29 is 14.0 Å². The fraction of sp³-hybridized carbons (Fsp3) is 0.344. The lowest BCUT2D eigenvalue weighted by Gasteiger charge is -2.32. The zero-order valence-corrected chi connectivity index (χ0v) is 23.7. The number of nitrogens with one attached hydrogen (secondary N) is 1. The number of pyridine rings is 1. The average molecular weight is 569 g/mol. The molecule has 6 rings (SSSR count). The number of amides is 2. The molecule has 2 aromatic carbocycles. The number of halogens is 1. The van der Waals surface area contributed by atoms with Crippen molar-refractivity contribution in [2.75, 3.05) is 31.5 Å². The second-order valence-electron chi connectivity index (χ2n) is 11.1. The zero-order valence-electron chi connectivity index (χ0n) is 23.7. The number of carbonyl (C=O) groups is 2. The maximum absolute atomic E-state index is 14.1. The maximum atomic E-state index is 14.1. The number of fused-ring (bicyclic) bond motifs is 1. The van der Waals surface area contributed by atoms with Crippen molar-refractivity contribution >= 4 is 28.8 Å². The molecule has 0 aliphatic carbocycles. The van der Waals surface area contributed by atoms with Crippen LogP contribution in [0.1, 0.15) is 48.1 Å². The molecule has 9 nitrogen and oxygen atoms in total. The van der Waals surface area contributed by atoms with Crippen LogP contribution in [0.3, 0.4) is 0 Å². The van der Waals surface area contributed by atoms with Gasteiger partial charge in [-0.2, -0.15) is 4.98 Å². The summed E-state index contributed by atoms with van der Waals surface area (Å²) >= 11 is 0. The van der Waals surface area contributed by atoms with Gasteiger partial charge in [0, 0.05) is 61.9 Å². The number of aromatic nitrogens is 3. The van der Waals surface area contributed by atoms with Gasteiger partial charge in [0.05, 0.1) is 6.04 Å². The standard InChI is InChI=1S/C32H33FN6O3/c1-20-5-3-4-6-27(20)28-17-23-18-34-32(36-29(23)39(31(28)42)26-13-16-38(19-26)21(2)40)35-25-11-14-37(15-12-25)30(41)22-7-9-24(33)10-8-22/h3-10,17-18,25-26H,11-16,19H2,1-2H3,(H,34,35,36)/t26-/m1/s1. The van der Waals surface area contributed by atoms with Gasteiger partial charge < -0.3 is 15.1 Å². The van der Waals surface area contributed by atoms with E-state index < -0.39 is 0 Å². The van der Waals surface area contributed by atoms with Crippen molar-refractivity contribution in [2.24, 2.45) is 0 Å². The summed E-state index contributed by atoms with van der Waals surface area (Å²) < 4.78 is 15.0. The van der Waals surface area contributed by atoms with Crippen LogP contribution in [0.5, 0.6) is 0 Å². The smallest absolute Gasteiger partial charge is 0.260 e. The molecule has 2 aliphatic rings. The number of benzene rings is 2. The first-order valence-corrected chi connectivity index (χ1v) is 14.3. The molecule has 2 aromatic heterocycles. The molecule has 10 heteroatoms. The third kappa shape index (κ3) is 5.36. The second-order valence-corrected chi connectivity index (χ2v) is 11.1. The van der Waals surface area contributed by atoms with Crippen molar-refractivity contribution in [1.82, 2.24) is 24.3 Å². The number of likely N-dealkylation sites (tertiary alicyclic amines) is 2. The molecule has 2 aliphatic heterocycles. The van der Waals surface area contributed by atoms with E-state index in [1.54, 1.807) is 27.5 Å². The highest BCUT2D eigenvalue weighted by molar-refractivity contribution is 5.94. The Hall–Kier alpha value is -4.60. The van der Waals surface area contributed by atoms with E-state index >= 15 is 0 Å². The van der Waals surface area contributed by atoms with E-state index in [1.165, 1.54) is 24.3 Å². The van der Waals surface area contributed by atoms with Gasteiger partial charge >= 0.3 is 0 Å². The van der Waals surface area contributed by atoms with Gasteiger partial charge in [-0.1, -0.05) is 24.3 Å². The summed E-state index contributed by atoms with van der Waals surface area (Å²) in [6, 6.07) is 15.1. The summed E-state index contributed by atoms with van der Waals surface area (Å²) in [5.74, 6) is -0.0685. The SMILES string of the molecule is CC(=O)N1CC[C@@H](n2c(=O)c(-c3ccccc3C)cc3cnc(NC4CCN(C(=O)c5ccc(F)cc5)CC4)nc32)C1. The summed E-state index contributed by atoms with van der Waals surface area (Å²) in [6.45, 7) is 5.68. The number of anilines is 1. The van der Waals surface area contributed by atoms with Crippen LogP contribution in [0.25, 0.3) is 22.2 Å². The van der Waals surface area contributed by atoms with E-state index in [2.05, 4.69) is 10.3 Å². The molecule has 4 aromatic rings. The fourth-order valence-corrected chi connectivity index (χ4v) is 6.02. The van der Waals surface area contributed by atoms with Gasteiger partial charge in [0.1, 0.15) is 11.5 Å². The molecule has 0 spiro atoms. The van der Waals surface area contributed by atoms with Crippen molar-refractivity contribution in [1.29, 1.82) is 0 Å². The normalized spacial score (nSPS) is 17.5. The number of hydrogen-bond donors (Lipinski definition) is 1. The van der Waals surface area contributed by atoms with Crippen LogP contribution < -0.4 is 10.9 Å². The molecule has 4 heterocycles. The molecule has 42 heavy (non-hydrogen) atoms. The Morgan fingerprint density at radius 2 is 1.67 bits per heavy atom. The molecule has 1 atom stereocenters. The van der Waals surface area contributed by atoms with E-state index in [9.17, 15) is 18.8 Å². The van der Waals surface area contributed by atoms with Crippen molar-refractivity contribution in [3.05, 3.63) is 88.1 Å². The first-order valence-electron chi connectivity index (χ1n) is 14.3. The van der Waals surface area contributed by atoms with Crippen molar-refractivity contribution in [3.63, 3.8) is 0 Å². The third-order valence-corrected chi connectivity index (χ3v) is 8.39. The zero-order chi connectivity index (χ0) is 29.4. The van der Waals surface area contributed by atoms with Gasteiger partial charge in [0.25, 0.3) is 11.5 Å². The summed E-state index contributed by atoms with van der Waals surface area (Å²) in [7, 11) is 0. The minimum atomic E-state index is -0.370. The Balaban J connectivity index is 1.27. The minimum absolute atomic E-state index is 0.00820. The first-order chi connectivity index (χ1) is 20.3. The molecule has 216 valence electrons. The predicted octanol–water partition coefficient (Wildman–Crippen LogP) is 4.42. The van der Waals surface area contributed by atoms with Gasteiger partial charge in [0.15, 0.2) is 0 Å². The summed E-state index contributed by atoms with van der Waals surface area (Å²) in [6.07, 6.45) is 3.81. The Morgan fingerprint density at radius 1 is 0.952 bits per heavy atom. The van der Waals surface area contributed by atoms with Gasteiger partial charge in [0.2, 0.25) is 11.9 Å². The van der Waals surface area contributed by atoms with Crippen LogP contribution >= 0.6 is 0 Å². The highest BCUT2D eigenvalue weighted by atomic mass is 19.1. The largest absolute Gasteiger partial charge is 0.351 e. The molecule has 2 fully saturated rings. The average Bonchev–Trinajstić information content (AvgIpc) is 3.48. The van der Waals surface area contributed by atoms with Gasteiger partial charge in [-0.25, -0.2) is 9.37 Å². The molecule has 1 N–H and O–H groups in total. The Bertz CT molecular complexity index is 1710. The molecular formula is C32H33FN6O3. The van der Waals surface area contributed by atoms with E-state index in [0.717, 1.165) is 16.5 Å². The van der Waals surface area contributed by atoms with E-state index in [0.29, 0.717) is 68.2 Å². The van der Waals surface area contributed by atoms with E-state index in [4.69, 9.17) is 4.98 Å². The van der Waals surface area contributed by atoms with Gasteiger partial charge in [-0.3, -0.25) is 19.0 Å². The second kappa shape index (κ2) is 11.3. The third-order valence-electron chi connectivity index (χ3n) is 8.39. The van der Waals surface area contributed by atoms with Crippen LogP contribution in [0.15, 0.2) is 65.6 Å². The van der Waals surface area contributed by atoms with Crippen LogP contribution in [0, 0.1) is 12.7 Å². The Kier molecular flexibility index (Phi) is 7.45. The van der Waals surface area contributed by atoms with Crippen molar-refractivity contribution in [3.8, 4) is 11.1 Å². The lowest BCUT2D eigenvalue weighted by Crippen LogP contribution is -2.42. The highest BCUT2D eigenvalue weighted by Gasteiger charge is 2.29. The molecule has 2 saturated heterocycles. The lowest BCUT2D eigenvalue weighted by atomic mass is 10.0. The molecule has 0 radical (unpaired) electrons. The molecule has 0 unspecified atom stereocenters. The van der Waals surface area contributed by atoms with Crippen LogP contribution in [-0.2, 0) is 4.79 Å². The topological polar surface area (TPSA) is 100 Å². The van der Waals surface area contributed by atoms with Crippen molar-refractivity contribution in [2.45, 2.75) is 45.2 Å². The molecular weight excluding hydrogens is 535 g/mol. The number of carbonyl (C=O) groups excluding carboxylic acids is 2. The quantitative estimate of drug-likeness (QED) is 0.383. The molecule has 0 saturated carbocycles. The minimum Gasteiger partial charge on any atom is -0.351 e. The summed E-state index contributed by atoms with van der Waals surface area (Å²) in [5, 5.41) is 4.16. The van der Waals surface area contributed by atoms with Crippen LogP contribution in [0.2, 0.25) is 0 Å². The van der Waals surface area contributed by atoms with Crippen LogP contribution in [-0.4, -0.2) is 68.4 Å². The predicted molar refractivity (Wildman–Crippen MR) is 159 cm³/mol. The fourth-order valence-electron chi connectivity index (χ4n) is 6.02. The van der Waals surface area contributed by atoms with Gasteiger partial charge in [-0.15, -0.1) is 0 Å². The summed E-state index contributed by atoms with van der Waals surface area (Å²) in [5.41, 5.74) is 3.33. The lowest BCUT2D eigenvalue weighted by molar-refractivity contribution is -0.127. The van der Waals surface area contributed by atoms with Gasteiger partial charge in [-0.05, 0) is 67.6 Å². The van der Waals surface area contributed by atoms with E-state index in [-0.39, 0.29) is 35.3 Å². The first kappa shape index (κ1) is 27.6. The number of nitrogens with zero attached hydrogens (tertiary/aromatic N) is 5. The highest BCUT2D eigenvalue weighted by Crippen LogP contribution is 2.29. The van der Waals surface area contributed by atoms with E-state index in [1.807, 2.05) is 37.3 Å². The number of rotatable bonds is 5.